The summed E-state index contributed by atoms with van der Waals surface area (Å²) in [7, 11) is -2.05. The van der Waals surface area contributed by atoms with Gasteiger partial charge in [-0.15, -0.1) is 0 Å². The van der Waals surface area contributed by atoms with Gasteiger partial charge in [0.05, 0.1) is 10.9 Å². The lowest BCUT2D eigenvalue weighted by atomic mass is 10.2. The average molecular weight is 416 g/mol. The molecule has 0 spiro atoms. The van der Waals surface area contributed by atoms with Crippen LogP contribution in [0, 0.1) is 0 Å². The summed E-state index contributed by atoms with van der Waals surface area (Å²) < 4.78 is 22.8. The van der Waals surface area contributed by atoms with Crippen LogP contribution in [-0.4, -0.2) is 32.3 Å². The van der Waals surface area contributed by atoms with Gasteiger partial charge in [-0.25, -0.2) is 13.6 Å². The number of carbonyl (C=O) groups is 1. The van der Waals surface area contributed by atoms with E-state index in [1.807, 2.05) is 4.90 Å². The van der Waals surface area contributed by atoms with Crippen LogP contribution in [0.2, 0.25) is 10.0 Å². The lowest BCUT2D eigenvalue weighted by molar-refractivity contribution is -0.120. The Hall–Kier alpha value is -1.64. The second-order valence-corrected chi connectivity index (χ2v) is 8.29. The van der Waals surface area contributed by atoms with Gasteiger partial charge in [0.1, 0.15) is 0 Å². The van der Waals surface area contributed by atoms with Gasteiger partial charge in [-0.2, -0.15) is 0 Å². The van der Waals surface area contributed by atoms with Crippen molar-refractivity contribution in [1.82, 2.24) is 4.90 Å². The molecule has 3 N–H and O–H groups in total. The number of primary sulfonamides is 1. The van der Waals surface area contributed by atoms with Crippen LogP contribution in [0.5, 0.6) is 0 Å². The molecule has 1 atom stereocenters. The maximum Gasteiger partial charge on any atom is 0.241 e. The average Bonchev–Trinajstić information content (AvgIpc) is 2.56. The molecule has 2 aromatic carbocycles. The molecule has 0 aliphatic heterocycles. The Kier molecular flexibility index (Phi) is 6.65. The zero-order valence-electron chi connectivity index (χ0n) is 14.2. The number of nitrogens with two attached hydrogens (primary N) is 1. The molecule has 0 aliphatic rings. The van der Waals surface area contributed by atoms with E-state index in [4.69, 9.17) is 28.3 Å². The Morgan fingerprint density at radius 2 is 1.92 bits per heavy atom. The first-order valence-corrected chi connectivity index (χ1v) is 9.96. The number of halogens is 2. The molecule has 9 heteroatoms. The summed E-state index contributed by atoms with van der Waals surface area (Å²) in [6.45, 7) is 2.19. The number of anilines is 1. The highest BCUT2D eigenvalue weighted by molar-refractivity contribution is 7.89. The van der Waals surface area contributed by atoms with Crippen LogP contribution in [0.15, 0.2) is 47.4 Å². The van der Waals surface area contributed by atoms with Gasteiger partial charge >= 0.3 is 0 Å². The predicted molar refractivity (Wildman–Crippen MR) is 104 cm³/mol. The number of hydrogen-bond donors (Lipinski definition) is 2. The van der Waals surface area contributed by atoms with E-state index in [9.17, 15) is 13.2 Å². The molecule has 0 saturated carbocycles. The third kappa shape index (κ3) is 5.43. The van der Waals surface area contributed by atoms with Crippen LogP contribution < -0.4 is 10.5 Å². The van der Waals surface area contributed by atoms with Crippen molar-refractivity contribution in [2.24, 2.45) is 5.14 Å². The van der Waals surface area contributed by atoms with Gasteiger partial charge < -0.3 is 5.32 Å². The Morgan fingerprint density at radius 1 is 1.23 bits per heavy atom. The molecule has 2 rings (SSSR count). The molecule has 26 heavy (non-hydrogen) atoms. The topological polar surface area (TPSA) is 92.5 Å². The molecule has 2 aromatic rings. The van der Waals surface area contributed by atoms with E-state index >= 15 is 0 Å². The quantitative estimate of drug-likeness (QED) is 0.757. The molecule has 1 amide bonds. The number of nitrogens with zero attached hydrogens (tertiary/aromatic N) is 1. The molecule has 0 heterocycles. The number of amides is 1. The lowest BCUT2D eigenvalue weighted by Gasteiger charge is -2.24. The third-order valence-electron chi connectivity index (χ3n) is 3.91. The smallest absolute Gasteiger partial charge is 0.241 e. The maximum absolute atomic E-state index is 12.5. The normalized spacial score (nSPS) is 12.8. The number of carbonyl (C=O) groups excluding carboxylic acids is 1. The van der Waals surface area contributed by atoms with E-state index in [2.05, 4.69) is 5.32 Å². The highest BCUT2D eigenvalue weighted by Crippen LogP contribution is 2.23. The van der Waals surface area contributed by atoms with Crippen LogP contribution in [0.1, 0.15) is 12.5 Å². The molecule has 1 unspecified atom stereocenters. The van der Waals surface area contributed by atoms with E-state index in [1.165, 1.54) is 18.2 Å². The van der Waals surface area contributed by atoms with Crippen molar-refractivity contribution in [2.75, 3.05) is 12.4 Å². The van der Waals surface area contributed by atoms with Gasteiger partial charge in [-0.3, -0.25) is 9.69 Å². The summed E-state index contributed by atoms with van der Waals surface area (Å²) in [5.41, 5.74) is 1.20. The van der Waals surface area contributed by atoms with E-state index in [0.717, 1.165) is 5.56 Å². The molecule has 6 nitrogen and oxygen atoms in total. The molecular weight excluding hydrogens is 397 g/mol. The predicted octanol–water partition coefficient (Wildman–Crippen LogP) is 3.10. The summed E-state index contributed by atoms with van der Waals surface area (Å²) in [4.78, 5) is 14.2. The van der Waals surface area contributed by atoms with E-state index < -0.39 is 16.1 Å². The summed E-state index contributed by atoms with van der Waals surface area (Å²) in [6, 6.07) is 10.5. The van der Waals surface area contributed by atoms with Crippen molar-refractivity contribution < 1.29 is 13.2 Å². The first-order chi connectivity index (χ1) is 12.1. The van der Waals surface area contributed by atoms with Crippen LogP contribution in [0.25, 0.3) is 0 Å². The molecule has 0 saturated heterocycles. The van der Waals surface area contributed by atoms with Gasteiger partial charge in [0.25, 0.3) is 0 Å². The van der Waals surface area contributed by atoms with Gasteiger partial charge in [-0.05, 0) is 49.9 Å². The van der Waals surface area contributed by atoms with Crippen molar-refractivity contribution in [2.45, 2.75) is 24.4 Å². The third-order valence-corrected chi connectivity index (χ3v) is 5.40. The van der Waals surface area contributed by atoms with Gasteiger partial charge in [0.2, 0.25) is 15.9 Å². The minimum Gasteiger partial charge on any atom is -0.325 e. The molecule has 0 fully saturated rings. The minimum atomic E-state index is -3.83. The van der Waals surface area contributed by atoms with Gasteiger partial charge in [0.15, 0.2) is 0 Å². The molecule has 0 radical (unpaired) electrons. The first-order valence-electron chi connectivity index (χ1n) is 7.66. The van der Waals surface area contributed by atoms with Crippen LogP contribution >= 0.6 is 23.2 Å². The fourth-order valence-corrected chi connectivity index (χ4v) is 3.28. The number of likely N-dealkylation sites (N-methyl/N-ethyl adjacent to an activating group) is 1. The summed E-state index contributed by atoms with van der Waals surface area (Å²) in [6.07, 6.45) is 0. The zero-order chi connectivity index (χ0) is 19.5. The van der Waals surface area contributed by atoms with Crippen LogP contribution in [0.3, 0.4) is 0 Å². The highest BCUT2D eigenvalue weighted by Gasteiger charge is 2.20. The molecular formula is C17H19Cl2N3O3S. The number of sulfonamides is 1. The second-order valence-electron chi connectivity index (χ2n) is 5.89. The SMILES string of the molecule is CC(C(=O)Nc1cccc(S(N)(=O)=O)c1)N(C)Cc1ccc(Cl)cc1Cl. The largest absolute Gasteiger partial charge is 0.325 e. The summed E-state index contributed by atoms with van der Waals surface area (Å²) in [5.74, 6) is -0.288. The van der Waals surface area contributed by atoms with Crippen molar-refractivity contribution in [3.63, 3.8) is 0 Å². The fourth-order valence-electron chi connectivity index (χ4n) is 2.25. The van der Waals surface area contributed by atoms with E-state index in [0.29, 0.717) is 22.3 Å². The minimum absolute atomic E-state index is 0.0655. The molecule has 0 bridgehead atoms. The number of hydrogen-bond acceptors (Lipinski definition) is 4. The highest BCUT2D eigenvalue weighted by atomic mass is 35.5. The molecule has 140 valence electrons. The standard InChI is InChI=1S/C17H19Cl2N3O3S/c1-11(22(2)10-12-6-7-13(18)8-16(12)19)17(23)21-14-4-3-5-15(9-14)26(20,24)25/h3-9,11H,10H2,1-2H3,(H,21,23)(H2,20,24,25). The maximum atomic E-state index is 12.5. The van der Waals surface area contributed by atoms with Gasteiger partial charge in [-0.1, -0.05) is 35.3 Å². The monoisotopic (exact) mass is 415 g/mol. The van der Waals surface area contributed by atoms with Gasteiger partial charge in [0, 0.05) is 22.3 Å². The number of rotatable bonds is 6. The Bertz CT molecular complexity index is 919. The first kappa shape index (κ1) is 20.7. The zero-order valence-corrected chi connectivity index (χ0v) is 16.6. The Morgan fingerprint density at radius 3 is 2.54 bits per heavy atom. The van der Waals surface area contributed by atoms with E-state index in [-0.39, 0.29) is 10.8 Å². The Labute approximate surface area is 162 Å². The van der Waals surface area contributed by atoms with Crippen molar-refractivity contribution in [3.8, 4) is 0 Å². The molecule has 0 aromatic heterocycles. The molecule has 0 aliphatic carbocycles. The summed E-state index contributed by atoms with van der Waals surface area (Å²) in [5, 5.41) is 8.86. The van der Waals surface area contributed by atoms with Crippen molar-refractivity contribution in [3.05, 3.63) is 58.1 Å². The summed E-state index contributed by atoms with van der Waals surface area (Å²) >= 11 is 12.1. The Balaban J connectivity index is 2.07. The number of benzene rings is 2. The van der Waals surface area contributed by atoms with Crippen LogP contribution in [0.4, 0.5) is 5.69 Å². The van der Waals surface area contributed by atoms with Crippen LogP contribution in [-0.2, 0) is 21.4 Å². The number of nitrogens with one attached hydrogen (secondary N) is 1. The van der Waals surface area contributed by atoms with E-state index in [1.54, 1.807) is 38.2 Å². The van der Waals surface area contributed by atoms with Crippen molar-refractivity contribution in [1.29, 1.82) is 0 Å². The second kappa shape index (κ2) is 8.37. The fraction of sp³-hybridized carbons (Fsp3) is 0.235. The van der Waals surface area contributed by atoms with Crippen molar-refractivity contribution >= 4 is 44.8 Å². The lowest BCUT2D eigenvalue weighted by Crippen LogP contribution is -2.39.